The molecule has 0 aliphatic rings. The second-order valence-electron chi connectivity index (χ2n) is 3.73. The molecule has 0 aliphatic carbocycles. The van der Waals surface area contributed by atoms with Crippen molar-refractivity contribution in [2.75, 3.05) is 0 Å². The van der Waals surface area contributed by atoms with Gasteiger partial charge in [-0.25, -0.2) is 0 Å². The average molecular weight is 410 g/mol. The molecule has 0 unspecified atom stereocenters. The maximum Gasteiger partial charge on any atom is 0.417 e. The van der Waals surface area contributed by atoms with Crippen LogP contribution in [0.15, 0.2) is 39.7 Å². The predicted molar refractivity (Wildman–Crippen MR) is 72.3 cm³/mol. The number of halogens is 5. The van der Waals surface area contributed by atoms with Crippen molar-refractivity contribution in [1.82, 2.24) is 9.97 Å². The van der Waals surface area contributed by atoms with E-state index >= 15 is 0 Å². The normalized spacial score (nSPS) is 11.4. The molecule has 0 fully saturated rings. The summed E-state index contributed by atoms with van der Waals surface area (Å²) in [5.74, 6) is -0.843. The van der Waals surface area contributed by atoms with Crippen molar-refractivity contribution in [2.45, 2.75) is 6.18 Å². The highest BCUT2D eigenvalue weighted by Gasteiger charge is 2.35. The van der Waals surface area contributed by atoms with Crippen molar-refractivity contribution in [3.63, 3.8) is 0 Å². The van der Waals surface area contributed by atoms with Gasteiger partial charge in [0, 0.05) is 27.5 Å². The third-order valence-corrected chi connectivity index (χ3v) is 3.43. The Labute approximate surface area is 128 Å². The van der Waals surface area contributed by atoms with Crippen LogP contribution < -0.4 is 0 Å². The molecule has 0 N–H and O–H groups in total. The molecule has 2 heterocycles. The lowest BCUT2D eigenvalue weighted by Gasteiger charge is -2.11. The Balaban J connectivity index is 2.55. The van der Waals surface area contributed by atoms with Crippen molar-refractivity contribution >= 4 is 37.6 Å². The first-order valence-corrected chi connectivity index (χ1v) is 6.76. The molecular formula is C12H5Br2F3N2O. The van der Waals surface area contributed by atoms with Crippen LogP contribution in [0.2, 0.25) is 0 Å². The Kier molecular flexibility index (Phi) is 4.24. The lowest BCUT2D eigenvalue weighted by atomic mass is 10.0. The van der Waals surface area contributed by atoms with Crippen LogP contribution in [0, 0.1) is 0 Å². The second-order valence-corrected chi connectivity index (χ2v) is 5.50. The molecule has 0 spiro atoms. The van der Waals surface area contributed by atoms with Gasteiger partial charge in [0.2, 0.25) is 5.78 Å². The quantitative estimate of drug-likeness (QED) is 0.696. The van der Waals surface area contributed by atoms with Crippen LogP contribution in [-0.4, -0.2) is 15.8 Å². The fourth-order valence-electron chi connectivity index (χ4n) is 1.53. The minimum absolute atomic E-state index is 0.105. The molecule has 0 radical (unpaired) electrons. The summed E-state index contributed by atoms with van der Waals surface area (Å²) in [5.41, 5.74) is -1.67. The number of nitrogens with zero attached hydrogens (tertiary/aromatic N) is 2. The van der Waals surface area contributed by atoms with Gasteiger partial charge in [0.1, 0.15) is 5.69 Å². The zero-order valence-electron chi connectivity index (χ0n) is 9.58. The number of hydrogen-bond acceptors (Lipinski definition) is 3. The van der Waals surface area contributed by atoms with Crippen molar-refractivity contribution in [1.29, 1.82) is 0 Å². The number of alkyl halides is 3. The molecule has 0 aliphatic heterocycles. The van der Waals surface area contributed by atoms with Gasteiger partial charge in [-0.15, -0.1) is 0 Å². The fourth-order valence-corrected chi connectivity index (χ4v) is 2.70. The third kappa shape index (κ3) is 3.06. The Bertz CT molecular complexity index is 674. The topological polar surface area (TPSA) is 42.9 Å². The summed E-state index contributed by atoms with van der Waals surface area (Å²) in [7, 11) is 0. The Morgan fingerprint density at radius 1 is 1.20 bits per heavy atom. The van der Waals surface area contributed by atoms with E-state index in [0.717, 1.165) is 18.5 Å². The van der Waals surface area contributed by atoms with Crippen LogP contribution in [0.25, 0.3) is 0 Å². The van der Waals surface area contributed by atoms with E-state index < -0.39 is 23.1 Å². The molecule has 2 aromatic heterocycles. The fraction of sp³-hybridized carbons (Fsp3) is 0.0833. The highest BCUT2D eigenvalue weighted by Crippen LogP contribution is 2.33. The summed E-state index contributed by atoms with van der Waals surface area (Å²) in [6.07, 6.45) is -1.41. The van der Waals surface area contributed by atoms with E-state index in [4.69, 9.17) is 0 Å². The van der Waals surface area contributed by atoms with E-state index in [1.807, 2.05) is 0 Å². The van der Waals surface area contributed by atoms with Gasteiger partial charge in [0.25, 0.3) is 0 Å². The number of hydrogen-bond donors (Lipinski definition) is 0. The molecular weight excluding hydrogens is 405 g/mol. The highest BCUT2D eigenvalue weighted by molar-refractivity contribution is 9.11. The van der Waals surface area contributed by atoms with Gasteiger partial charge in [-0.05, 0) is 44.0 Å². The first-order valence-electron chi connectivity index (χ1n) is 5.17. The minimum Gasteiger partial charge on any atom is -0.287 e. The zero-order chi connectivity index (χ0) is 14.9. The van der Waals surface area contributed by atoms with Crippen LogP contribution >= 0.6 is 31.9 Å². The van der Waals surface area contributed by atoms with Crippen molar-refractivity contribution in [3.05, 3.63) is 56.5 Å². The Morgan fingerprint density at radius 2 is 1.90 bits per heavy atom. The van der Waals surface area contributed by atoms with Crippen LogP contribution in [0.4, 0.5) is 13.2 Å². The van der Waals surface area contributed by atoms with Crippen LogP contribution in [0.3, 0.4) is 0 Å². The van der Waals surface area contributed by atoms with E-state index in [-0.39, 0.29) is 5.69 Å². The number of carbonyl (C=O) groups excluding carboxylic acids is 1. The first kappa shape index (κ1) is 15.1. The van der Waals surface area contributed by atoms with Gasteiger partial charge in [0.05, 0.1) is 11.1 Å². The summed E-state index contributed by atoms with van der Waals surface area (Å²) in [6, 6.07) is 2.30. The lowest BCUT2D eigenvalue weighted by Crippen LogP contribution is -2.15. The predicted octanol–water partition coefficient (Wildman–Crippen LogP) is 4.25. The molecule has 0 aromatic carbocycles. The molecule has 8 heteroatoms. The standard InChI is InChI=1S/C12H5Br2F3N2O/c13-6-3-9(14)10(19-4-6)11(20)7-5-18-2-1-8(7)12(15,16)17/h1-5H. The summed E-state index contributed by atoms with van der Waals surface area (Å²) in [6.45, 7) is 0. The number of rotatable bonds is 2. The number of aromatic nitrogens is 2. The van der Waals surface area contributed by atoms with Crippen molar-refractivity contribution < 1.29 is 18.0 Å². The molecule has 0 saturated carbocycles. The highest BCUT2D eigenvalue weighted by atomic mass is 79.9. The first-order chi connectivity index (χ1) is 9.30. The van der Waals surface area contributed by atoms with Gasteiger partial charge in [0.15, 0.2) is 0 Å². The summed E-state index contributed by atoms with van der Waals surface area (Å²) < 4.78 is 39.5. The zero-order valence-corrected chi connectivity index (χ0v) is 12.8. The molecule has 104 valence electrons. The monoisotopic (exact) mass is 408 g/mol. The molecule has 0 amide bonds. The average Bonchev–Trinajstić information content (AvgIpc) is 2.37. The maximum absolute atomic E-state index is 12.9. The molecule has 0 saturated heterocycles. The van der Waals surface area contributed by atoms with Crippen molar-refractivity contribution in [3.8, 4) is 0 Å². The molecule has 3 nitrogen and oxygen atoms in total. The van der Waals surface area contributed by atoms with Crippen LogP contribution in [0.1, 0.15) is 21.6 Å². The maximum atomic E-state index is 12.9. The summed E-state index contributed by atoms with van der Waals surface area (Å²) >= 11 is 6.26. The molecule has 20 heavy (non-hydrogen) atoms. The van der Waals surface area contributed by atoms with Gasteiger partial charge in [-0.3, -0.25) is 14.8 Å². The van der Waals surface area contributed by atoms with Gasteiger partial charge < -0.3 is 0 Å². The Morgan fingerprint density at radius 3 is 2.50 bits per heavy atom. The molecule has 2 aromatic rings. The second kappa shape index (κ2) is 5.61. The van der Waals surface area contributed by atoms with Gasteiger partial charge in [-0.2, -0.15) is 13.2 Å². The summed E-state index contributed by atoms with van der Waals surface area (Å²) in [5, 5.41) is 0. The van der Waals surface area contributed by atoms with E-state index in [0.29, 0.717) is 8.95 Å². The number of carbonyl (C=O) groups is 1. The van der Waals surface area contributed by atoms with Gasteiger partial charge >= 0.3 is 6.18 Å². The lowest BCUT2D eigenvalue weighted by molar-refractivity contribution is -0.137. The van der Waals surface area contributed by atoms with E-state index in [1.54, 1.807) is 0 Å². The SMILES string of the molecule is O=C(c1cnccc1C(F)(F)F)c1ncc(Br)cc1Br. The smallest absolute Gasteiger partial charge is 0.287 e. The number of ketones is 1. The van der Waals surface area contributed by atoms with Crippen molar-refractivity contribution in [2.24, 2.45) is 0 Å². The van der Waals surface area contributed by atoms with E-state index in [2.05, 4.69) is 41.8 Å². The third-order valence-electron chi connectivity index (χ3n) is 2.39. The van der Waals surface area contributed by atoms with E-state index in [9.17, 15) is 18.0 Å². The van der Waals surface area contributed by atoms with Crippen LogP contribution in [0.5, 0.6) is 0 Å². The van der Waals surface area contributed by atoms with E-state index in [1.165, 1.54) is 12.3 Å². The Hall–Kier alpha value is -1.28. The summed E-state index contributed by atoms with van der Waals surface area (Å²) in [4.78, 5) is 19.6. The van der Waals surface area contributed by atoms with Gasteiger partial charge in [-0.1, -0.05) is 0 Å². The van der Waals surface area contributed by atoms with Crippen LogP contribution in [-0.2, 0) is 6.18 Å². The molecule has 0 bridgehead atoms. The molecule has 0 atom stereocenters. The molecule has 2 rings (SSSR count). The largest absolute Gasteiger partial charge is 0.417 e. The number of pyridine rings is 2. The minimum atomic E-state index is -4.63.